The van der Waals surface area contributed by atoms with Crippen molar-refractivity contribution in [3.05, 3.63) is 58.4 Å². The van der Waals surface area contributed by atoms with Gasteiger partial charge in [-0.05, 0) is 45.0 Å². The molecule has 0 spiro atoms. The SMILES string of the molecule is CCN1C(=O)C(C)(C)N=C(c2ccccc2F)c2cc(N)cc(Cl)c21. The van der Waals surface area contributed by atoms with E-state index in [1.807, 2.05) is 6.92 Å². The lowest BCUT2D eigenvalue weighted by molar-refractivity contribution is -0.122. The minimum atomic E-state index is -1.06. The number of fused-ring (bicyclic) bond motifs is 1. The second-order valence-electron chi connectivity index (χ2n) is 6.45. The molecule has 0 aliphatic carbocycles. The summed E-state index contributed by atoms with van der Waals surface area (Å²) in [4.78, 5) is 19.2. The maximum atomic E-state index is 14.5. The number of hydrogen-bond donors (Lipinski definition) is 1. The first-order chi connectivity index (χ1) is 11.8. The molecular weight excluding hydrogens is 341 g/mol. The van der Waals surface area contributed by atoms with E-state index in [4.69, 9.17) is 17.3 Å². The third-order valence-electron chi connectivity index (χ3n) is 4.22. The fourth-order valence-corrected chi connectivity index (χ4v) is 3.38. The van der Waals surface area contributed by atoms with Crippen molar-refractivity contribution in [1.29, 1.82) is 0 Å². The largest absolute Gasteiger partial charge is 0.399 e. The zero-order valence-electron chi connectivity index (χ0n) is 14.3. The summed E-state index contributed by atoms with van der Waals surface area (Å²) >= 11 is 6.42. The number of anilines is 2. The second kappa shape index (κ2) is 6.15. The van der Waals surface area contributed by atoms with Crippen molar-refractivity contribution in [2.45, 2.75) is 26.3 Å². The summed E-state index contributed by atoms with van der Waals surface area (Å²) in [5.41, 5.74) is 7.07. The monoisotopic (exact) mass is 359 g/mol. The fourth-order valence-electron chi connectivity index (χ4n) is 3.05. The standard InChI is InChI=1S/C19H19ClFN3O/c1-4-24-17-13(9-11(22)10-14(17)20)16(23-19(2,3)18(24)25)12-7-5-6-8-15(12)21/h5-10H,4,22H2,1-3H3. The van der Waals surface area contributed by atoms with E-state index < -0.39 is 11.4 Å². The number of benzodiazepines with no additional fused rings is 1. The number of nitrogens with zero attached hydrogens (tertiary/aromatic N) is 2. The number of benzene rings is 2. The Kier molecular flexibility index (Phi) is 4.29. The zero-order valence-corrected chi connectivity index (χ0v) is 15.1. The van der Waals surface area contributed by atoms with Crippen LogP contribution in [0.3, 0.4) is 0 Å². The van der Waals surface area contributed by atoms with E-state index in [2.05, 4.69) is 4.99 Å². The third-order valence-corrected chi connectivity index (χ3v) is 4.50. The van der Waals surface area contributed by atoms with Gasteiger partial charge in [0, 0.05) is 23.4 Å². The molecule has 1 aliphatic heterocycles. The first-order valence-electron chi connectivity index (χ1n) is 8.02. The molecule has 0 saturated heterocycles. The van der Waals surface area contributed by atoms with Gasteiger partial charge in [-0.25, -0.2) is 4.39 Å². The van der Waals surface area contributed by atoms with E-state index in [9.17, 15) is 9.18 Å². The maximum Gasteiger partial charge on any atom is 0.254 e. The number of likely N-dealkylation sites (N-methyl/N-ethyl adjacent to an activating group) is 1. The molecule has 1 heterocycles. The first kappa shape index (κ1) is 17.4. The quantitative estimate of drug-likeness (QED) is 0.822. The summed E-state index contributed by atoms with van der Waals surface area (Å²) in [6.07, 6.45) is 0. The maximum absolute atomic E-state index is 14.5. The summed E-state index contributed by atoms with van der Waals surface area (Å²) in [7, 11) is 0. The van der Waals surface area contributed by atoms with Crippen LogP contribution in [0.1, 0.15) is 31.9 Å². The van der Waals surface area contributed by atoms with Gasteiger partial charge in [-0.15, -0.1) is 0 Å². The summed E-state index contributed by atoms with van der Waals surface area (Å²) in [6, 6.07) is 9.61. The van der Waals surface area contributed by atoms with E-state index in [-0.39, 0.29) is 5.91 Å². The van der Waals surface area contributed by atoms with Crippen molar-refractivity contribution in [1.82, 2.24) is 0 Å². The molecule has 0 atom stereocenters. The van der Waals surface area contributed by atoms with Gasteiger partial charge in [0.1, 0.15) is 11.4 Å². The van der Waals surface area contributed by atoms with Gasteiger partial charge in [-0.3, -0.25) is 9.79 Å². The summed E-state index contributed by atoms with van der Waals surface area (Å²) in [5, 5.41) is 0.340. The number of rotatable bonds is 2. The van der Waals surface area contributed by atoms with Gasteiger partial charge in [-0.2, -0.15) is 0 Å². The van der Waals surface area contributed by atoms with E-state index in [0.717, 1.165) is 0 Å². The van der Waals surface area contributed by atoms with Crippen molar-refractivity contribution in [2.24, 2.45) is 4.99 Å². The highest BCUT2D eigenvalue weighted by molar-refractivity contribution is 6.36. The van der Waals surface area contributed by atoms with Crippen LogP contribution in [0.15, 0.2) is 41.4 Å². The lowest BCUT2D eigenvalue weighted by Crippen LogP contribution is -2.43. The number of nitrogen functional groups attached to an aromatic ring is 1. The Balaban J connectivity index is 2.41. The van der Waals surface area contributed by atoms with E-state index in [1.165, 1.54) is 6.07 Å². The van der Waals surface area contributed by atoms with Crippen LogP contribution in [0.25, 0.3) is 0 Å². The Morgan fingerprint density at radius 1 is 1.24 bits per heavy atom. The molecule has 0 unspecified atom stereocenters. The Hall–Kier alpha value is -2.40. The van der Waals surface area contributed by atoms with Crippen molar-refractivity contribution in [2.75, 3.05) is 17.2 Å². The summed E-state index contributed by atoms with van der Waals surface area (Å²) in [6.45, 7) is 5.70. The number of nitrogens with two attached hydrogens (primary N) is 1. The van der Waals surface area contributed by atoms with Gasteiger partial charge < -0.3 is 10.6 Å². The Bertz CT molecular complexity index is 892. The molecule has 0 aromatic heterocycles. The molecule has 1 aliphatic rings. The van der Waals surface area contributed by atoms with Crippen molar-refractivity contribution >= 4 is 34.6 Å². The predicted molar refractivity (Wildman–Crippen MR) is 100 cm³/mol. The van der Waals surface area contributed by atoms with Crippen molar-refractivity contribution in [3.63, 3.8) is 0 Å². The molecule has 2 aromatic carbocycles. The van der Waals surface area contributed by atoms with Crippen LogP contribution in [-0.4, -0.2) is 23.7 Å². The van der Waals surface area contributed by atoms with Gasteiger partial charge in [0.15, 0.2) is 0 Å². The number of carbonyl (C=O) groups excluding carboxylic acids is 1. The van der Waals surface area contributed by atoms with E-state index in [0.29, 0.717) is 39.8 Å². The second-order valence-corrected chi connectivity index (χ2v) is 6.85. The highest BCUT2D eigenvalue weighted by atomic mass is 35.5. The normalized spacial score (nSPS) is 16.3. The average molecular weight is 360 g/mol. The van der Waals surface area contributed by atoms with Crippen LogP contribution >= 0.6 is 11.6 Å². The summed E-state index contributed by atoms with van der Waals surface area (Å²) < 4.78 is 14.5. The first-order valence-corrected chi connectivity index (χ1v) is 8.40. The summed E-state index contributed by atoms with van der Waals surface area (Å²) in [5.74, 6) is -0.617. The van der Waals surface area contributed by atoms with Crippen LogP contribution in [0.4, 0.5) is 15.8 Å². The van der Waals surface area contributed by atoms with Crippen LogP contribution < -0.4 is 10.6 Å². The zero-order chi connectivity index (χ0) is 18.4. The molecule has 2 N–H and O–H groups in total. The molecule has 0 fully saturated rings. The van der Waals surface area contributed by atoms with Gasteiger partial charge >= 0.3 is 0 Å². The Morgan fingerprint density at radius 2 is 1.92 bits per heavy atom. The van der Waals surface area contributed by atoms with Crippen LogP contribution in [0, 0.1) is 5.82 Å². The third kappa shape index (κ3) is 2.89. The molecule has 0 bridgehead atoms. The van der Waals surface area contributed by atoms with Crippen LogP contribution in [-0.2, 0) is 4.79 Å². The van der Waals surface area contributed by atoms with Crippen LogP contribution in [0.5, 0.6) is 0 Å². The minimum absolute atomic E-state index is 0.200. The highest BCUT2D eigenvalue weighted by Crippen LogP contribution is 2.38. The average Bonchev–Trinajstić information content (AvgIpc) is 2.62. The van der Waals surface area contributed by atoms with Gasteiger partial charge in [-0.1, -0.05) is 23.7 Å². The van der Waals surface area contributed by atoms with Gasteiger partial charge in [0.25, 0.3) is 5.91 Å². The topological polar surface area (TPSA) is 58.7 Å². The highest BCUT2D eigenvalue weighted by Gasteiger charge is 2.38. The minimum Gasteiger partial charge on any atom is -0.399 e. The van der Waals surface area contributed by atoms with E-state index >= 15 is 0 Å². The molecule has 0 radical (unpaired) electrons. The lowest BCUT2D eigenvalue weighted by Gasteiger charge is -2.27. The number of amides is 1. The molecule has 6 heteroatoms. The van der Waals surface area contributed by atoms with E-state index in [1.54, 1.807) is 49.1 Å². The molecule has 130 valence electrons. The number of carbonyl (C=O) groups is 1. The number of hydrogen-bond acceptors (Lipinski definition) is 3. The number of halogens is 2. The van der Waals surface area contributed by atoms with Gasteiger partial charge in [0.2, 0.25) is 0 Å². The predicted octanol–water partition coefficient (Wildman–Crippen LogP) is 4.04. The molecule has 0 saturated carbocycles. The van der Waals surface area contributed by atoms with Crippen molar-refractivity contribution < 1.29 is 9.18 Å². The Morgan fingerprint density at radius 3 is 2.56 bits per heavy atom. The number of aliphatic imine (C=N–C) groups is 1. The molecular formula is C19H19ClFN3O. The van der Waals surface area contributed by atoms with Gasteiger partial charge in [0.05, 0.1) is 16.4 Å². The van der Waals surface area contributed by atoms with Crippen LogP contribution in [0.2, 0.25) is 5.02 Å². The molecule has 25 heavy (non-hydrogen) atoms. The molecule has 1 amide bonds. The molecule has 3 rings (SSSR count). The Labute approximate surface area is 151 Å². The lowest BCUT2D eigenvalue weighted by atomic mass is 9.98. The van der Waals surface area contributed by atoms with Crippen molar-refractivity contribution in [3.8, 4) is 0 Å². The smallest absolute Gasteiger partial charge is 0.254 e. The molecule has 2 aromatic rings. The molecule has 4 nitrogen and oxygen atoms in total. The fraction of sp³-hybridized carbons (Fsp3) is 0.263.